The third-order valence-electron chi connectivity index (χ3n) is 3.78. The Morgan fingerprint density at radius 2 is 1.70 bits per heavy atom. The van der Waals surface area contributed by atoms with Crippen LogP contribution in [0.2, 0.25) is 0 Å². The van der Waals surface area contributed by atoms with E-state index in [1.54, 1.807) is 0 Å². The van der Waals surface area contributed by atoms with Gasteiger partial charge in [0.1, 0.15) is 0 Å². The van der Waals surface area contributed by atoms with Crippen molar-refractivity contribution in [3.05, 3.63) is 41.1 Å². The lowest BCUT2D eigenvalue weighted by Gasteiger charge is -2.22. The topological polar surface area (TPSA) is 38.9 Å². The van der Waals surface area contributed by atoms with E-state index in [1.165, 1.54) is 16.5 Å². The molecular formula is C18H26N2. The lowest BCUT2D eigenvalue weighted by atomic mass is 9.87. The van der Waals surface area contributed by atoms with Gasteiger partial charge in [0.15, 0.2) is 0 Å². The molecule has 0 fully saturated rings. The van der Waals surface area contributed by atoms with E-state index in [1.807, 2.05) is 6.92 Å². The first kappa shape index (κ1) is 15.0. The van der Waals surface area contributed by atoms with Crippen LogP contribution in [0.25, 0.3) is 10.9 Å². The van der Waals surface area contributed by atoms with Crippen molar-refractivity contribution in [2.45, 2.75) is 58.9 Å². The molecule has 2 nitrogen and oxygen atoms in total. The number of benzene rings is 1. The lowest BCUT2D eigenvalue weighted by Crippen LogP contribution is -2.16. The molecule has 0 aliphatic rings. The van der Waals surface area contributed by atoms with E-state index < -0.39 is 0 Å². The van der Waals surface area contributed by atoms with Gasteiger partial charge in [-0.05, 0) is 30.0 Å². The predicted octanol–water partition coefficient (Wildman–Crippen LogP) is 4.68. The molecule has 1 unspecified atom stereocenters. The molecule has 2 heteroatoms. The van der Waals surface area contributed by atoms with Crippen molar-refractivity contribution in [2.24, 2.45) is 5.73 Å². The molecule has 20 heavy (non-hydrogen) atoms. The molecule has 108 valence electrons. The normalized spacial score (nSPS) is 14.0. The van der Waals surface area contributed by atoms with E-state index in [2.05, 4.69) is 58.9 Å². The van der Waals surface area contributed by atoms with Crippen LogP contribution in [-0.4, -0.2) is 4.98 Å². The van der Waals surface area contributed by atoms with Crippen LogP contribution in [-0.2, 0) is 5.41 Å². The number of para-hydroxylation sites is 1. The van der Waals surface area contributed by atoms with Crippen LogP contribution < -0.4 is 5.73 Å². The minimum Gasteiger partial charge on any atom is -0.324 e. The van der Waals surface area contributed by atoms with E-state index >= 15 is 0 Å². The van der Waals surface area contributed by atoms with Crippen molar-refractivity contribution in [2.75, 3.05) is 0 Å². The average Bonchev–Trinajstić information content (AvgIpc) is 2.35. The number of rotatable bonds is 2. The molecule has 1 heterocycles. The fourth-order valence-electron chi connectivity index (χ4n) is 2.52. The number of fused-ring (bicyclic) bond motifs is 1. The van der Waals surface area contributed by atoms with E-state index in [0.29, 0.717) is 5.92 Å². The highest BCUT2D eigenvalue weighted by atomic mass is 14.7. The van der Waals surface area contributed by atoms with Crippen LogP contribution in [0.3, 0.4) is 0 Å². The first-order chi connectivity index (χ1) is 9.21. The number of hydrogen-bond donors (Lipinski definition) is 1. The molecule has 1 aromatic carbocycles. The van der Waals surface area contributed by atoms with Crippen molar-refractivity contribution in [3.63, 3.8) is 0 Å². The first-order valence-electron chi connectivity index (χ1n) is 7.41. The Bertz CT molecular complexity index is 619. The summed E-state index contributed by atoms with van der Waals surface area (Å²) in [5, 5.41) is 1.19. The Kier molecular flexibility index (Phi) is 3.88. The van der Waals surface area contributed by atoms with Gasteiger partial charge in [-0.1, -0.05) is 52.8 Å². The summed E-state index contributed by atoms with van der Waals surface area (Å²) in [5.41, 5.74) is 10.9. The molecule has 0 saturated heterocycles. The second-order valence-electron chi connectivity index (χ2n) is 7.03. The third-order valence-corrected chi connectivity index (χ3v) is 3.78. The van der Waals surface area contributed by atoms with Crippen molar-refractivity contribution >= 4 is 10.9 Å². The number of nitrogens with zero attached hydrogens (tertiary/aromatic N) is 1. The van der Waals surface area contributed by atoms with Gasteiger partial charge in [-0.2, -0.15) is 0 Å². The van der Waals surface area contributed by atoms with Gasteiger partial charge in [0.05, 0.1) is 5.52 Å². The quantitative estimate of drug-likeness (QED) is 0.860. The number of hydrogen-bond acceptors (Lipinski definition) is 2. The molecule has 2 N–H and O–H groups in total. The summed E-state index contributed by atoms with van der Waals surface area (Å²) in [5.74, 6) is 0.461. The third kappa shape index (κ3) is 2.71. The predicted molar refractivity (Wildman–Crippen MR) is 87.1 cm³/mol. The molecule has 0 bridgehead atoms. The number of nitrogens with two attached hydrogens (primary N) is 1. The minimum atomic E-state index is 0.0176. The second kappa shape index (κ2) is 5.17. The SMILES string of the molecule is CC(C)c1cccc2c(C(C)N)cc(C(C)(C)C)nc12. The molecule has 0 saturated carbocycles. The Morgan fingerprint density at radius 1 is 1.05 bits per heavy atom. The fourth-order valence-corrected chi connectivity index (χ4v) is 2.52. The van der Waals surface area contributed by atoms with Crippen molar-refractivity contribution in [3.8, 4) is 0 Å². The molecule has 1 atom stereocenters. The Hall–Kier alpha value is -1.41. The summed E-state index contributed by atoms with van der Waals surface area (Å²) in [4.78, 5) is 4.96. The van der Waals surface area contributed by atoms with E-state index in [9.17, 15) is 0 Å². The van der Waals surface area contributed by atoms with Crippen molar-refractivity contribution < 1.29 is 0 Å². The molecule has 0 spiro atoms. The molecule has 1 aromatic heterocycles. The summed E-state index contributed by atoms with van der Waals surface area (Å²) >= 11 is 0. The van der Waals surface area contributed by atoms with Crippen LogP contribution in [0, 0.1) is 0 Å². The van der Waals surface area contributed by atoms with Crippen LogP contribution >= 0.6 is 0 Å². The first-order valence-corrected chi connectivity index (χ1v) is 7.41. The summed E-state index contributed by atoms with van der Waals surface area (Å²) in [7, 11) is 0. The van der Waals surface area contributed by atoms with E-state index in [4.69, 9.17) is 10.7 Å². The van der Waals surface area contributed by atoms with Crippen molar-refractivity contribution in [1.82, 2.24) is 4.98 Å². The molecular weight excluding hydrogens is 244 g/mol. The molecule has 2 aromatic rings. The Balaban J connectivity index is 2.86. The van der Waals surface area contributed by atoms with Gasteiger partial charge in [0, 0.05) is 22.5 Å². The Labute approximate surface area is 122 Å². The van der Waals surface area contributed by atoms with Gasteiger partial charge in [-0.25, -0.2) is 0 Å². The standard InChI is InChI=1S/C18H26N2/c1-11(2)13-8-7-9-14-15(12(3)19)10-16(18(4,5)6)20-17(13)14/h7-12H,19H2,1-6H3. The zero-order valence-electron chi connectivity index (χ0n) is 13.5. The zero-order valence-corrected chi connectivity index (χ0v) is 13.5. The highest BCUT2D eigenvalue weighted by molar-refractivity contribution is 5.86. The van der Waals surface area contributed by atoms with Gasteiger partial charge in [-0.15, -0.1) is 0 Å². The largest absolute Gasteiger partial charge is 0.324 e. The summed E-state index contributed by atoms with van der Waals surface area (Å²) in [6, 6.07) is 8.62. The lowest BCUT2D eigenvalue weighted by molar-refractivity contribution is 0.569. The molecule has 0 aliphatic carbocycles. The van der Waals surface area contributed by atoms with Gasteiger partial charge in [-0.3, -0.25) is 4.98 Å². The van der Waals surface area contributed by atoms with Crippen LogP contribution in [0.1, 0.15) is 70.3 Å². The molecule has 0 radical (unpaired) electrons. The number of aromatic nitrogens is 1. The Morgan fingerprint density at radius 3 is 2.20 bits per heavy atom. The number of pyridine rings is 1. The van der Waals surface area contributed by atoms with Gasteiger partial charge in [0.25, 0.3) is 0 Å². The summed E-state index contributed by atoms with van der Waals surface area (Å²) in [6.07, 6.45) is 0. The molecule has 2 rings (SSSR count). The van der Waals surface area contributed by atoms with Gasteiger partial charge < -0.3 is 5.73 Å². The van der Waals surface area contributed by atoms with Gasteiger partial charge in [0.2, 0.25) is 0 Å². The zero-order chi connectivity index (χ0) is 15.1. The maximum Gasteiger partial charge on any atom is 0.0743 e. The summed E-state index contributed by atoms with van der Waals surface area (Å²) < 4.78 is 0. The average molecular weight is 270 g/mol. The highest BCUT2D eigenvalue weighted by Gasteiger charge is 2.20. The minimum absolute atomic E-state index is 0.0176. The van der Waals surface area contributed by atoms with E-state index in [-0.39, 0.29) is 11.5 Å². The second-order valence-corrected chi connectivity index (χ2v) is 7.03. The maximum absolute atomic E-state index is 6.19. The fraction of sp³-hybridized carbons (Fsp3) is 0.500. The van der Waals surface area contributed by atoms with Gasteiger partial charge >= 0.3 is 0 Å². The monoisotopic (exact) mass is 270 g/mol. The van der Waals surface area contributed by atoms with Crippen LogP contribution in [0.5, 0.6) is 0 Å². The molecule has 0 aliphatic heterocycles. The summed E-state index contributed by atoms with van der Waals surface area (Å²) in [6.45, 7) is 13.1. The van der Waals surface area contributed by atoms with Crippen LogP contribution in [0.4, 0.5) is 0 Å². The van der Waals surface area contributed by atoms with Crippen molar-refractivity contribution in [1.29, 1.82) is 0 Å². The highest BCUT2D eigenvalue weighted by Crippen LogP contribution is 2.32. The molecule has 0 amide bonds. The van der Waals surface area contributed by atoms with Crippen LogP contribution in [0.15, 0.2) is 24.3 Å². The smallest absolute Gasteiger partial charge is 0.0743 e. The van der Waals surface area contributed by atoms with E-state index in [0.717, 1.165) is 11.2 Å². The maximum atomic E-state index is 6.19.